The first kappa shape index (κ1) is 23.7. The molecule has 1 amide bonds. The van der Waals surface area contributed by atoms with E-state index in [4.69, 9.17) is 0 Å². The van der Waals surface area contributed by atoms with Gasteiger partial charge in [0.2, 0.25) is 5.91 Å². The second-order valence-electron chi connectivity index (χ2n) is 8.01. The zero-order valence-electron chi connectivity index (χ0n) is 18.9. The molecule has 1 unspecified atom stereocenters. The molecule has 0 aliphatic carbocycles. The maximum absolute atomic E-state index is 13.5. The normalized spacial score (nSPS) is 12.1. The number of hydrogen-bond acceptors (Lipinski definition) is 5. The van der Waals surface area contributed by atoms with Gasteiger partial charge in [-0.3, -0.25) is 14.2 Å². The van der Waals surface area contributed by atoms with Gasteiger partial charge in [-0.05, 0) is 56.1 Å². The van der Waals surface area contributed by atoms with Crippen molar-refractivity contribution in [3.63, 3.8) is 0 Å². The molecule has 0 saturated carbocycles. The number of hydrogen-bond donors (Lipinski definition) is 1. The van der Waals surface area contributed by atoms with E-state index in [1.165, 1.54) is 40.6 Å². The Morgan fingerprint density at radius 3 is 2.41 bits per heavy atom. The van der Waals surface area contributed by atoms with Crippen molar-refractivity contribution in [2.24, 2.45) is 0 Å². The number of thioether (sulfide) groups is 1. The average molecular weight is 477 g/mol. The molecule has 4 rings (SSSR count). The number of rotatable bonds is 8. The van der Waals surface area contributed by atoms with E-state index < -0.39 is 5.82 Å². The summed E-state index contributed by atoms with van der Waals surface area (Å²) < 4.78 is 14.9. The van der Waals surface area contributed by atoms with Gasteiger partial charge in [-0.1, -0.05) is 54.2 Å². The van der Waals surface area contributed by atoms with Crippen molar-refractivity contribution in [1.82, 2.24) is 19.8 Å². The van der Waals surface area contributed by atoms with Crippen molar-refractivity contribution in [2.75, 3.05) is 26.4 Å². The van der Waals surface area contributed by atoms with Crippen LogP contribution in [0.15, 0.2) is 88.8 Å². The maximum atomic E-state index is 13.5. The summed E-state index contributed by atoms with van der Waals surface area (Å²) in [5, 5.41) is 3.81. The van der Waals surface area contributed by atoms with E-state index in [9.17, 15) is 14.0 Å². The fraction of sp³-hybridized carbons (Fsp3) is 0.192. The van der Waals surface area contributed by atoms with E-state index in [1.807, 2.05) is 50.5 Å². The molecule has 0 radical (unpaired) electrons. The van der Waals surface area contributed by atoms with E-state index in [0.29, 0.717) is 28.3 Å². The van der Waals surface area contributed by atoms with E-state index in [0.717, 1.165) is 5.56 Å². The summed E-state index contributed by atoms with van der Waals surface area (Å²) in [7, 11) is 3.94. The summed E-state index contributed by atoms with van der Waals surface area (Å²) in [5.41, 5.74) is 1.88. The molecule has 4 aromatic rings. The minimum absolute atomic E-state index is 0.0336. The van der Waals surface area contributed by atoms with Crippen LogP contribution in [0.25, 0.3) is 16.6 Å². The molecule has 6 nitrogen and oxygen atoms in total. The topological polar surface area (TPSA) is 67.2 Å². The predicted molar refractivity (Wildman–Crippen MR) is 134 cm³/mol. The second kappa shape index (κ2) is 10.6. The molecule has 174 valence electrons. The molecular formula is C26H25FN4O2S. The predicted octanol–water partition coefficient (Wildman–Crippen LogP) is 4.04. The molecule has 0 fully saturated rings. The molecule has 0 aliphatic rings. The number of amides is 1. The van der Waals surface area contributed by atoms with E-state index in [1.54, 1.807) is 18.2 Å². The van der Waals surface area contributed by atoms with Crippen LogP contribution < -0.4 is 10.9 Å². The number of para-hydroxylation sites is 1. The van der Waals surface area contributed by atoms with Gasteiger partial charge in [-0.15, -0.1) is 0 Å². The first-order valence-corrected chi connectivity index (χ1v) is 11.8. The number of aromatic nitrogens is 2. The second-order valence-corrected chi connectivity index (χ2v) is 8.95. The van der Waals surface area contributed by atoms with Crippen molar-refractivity contribution in [1.29, 1.82) is 0 Å². The molecule has 0 bridgehead atoms. The molecule has 1 N–H and O–H groups in total. The largest absolute Gasteiger partial charge is 0.353 e. The van der Waals surface area contributed by atoms with Crippen LogP contribution in [0.1, 0.15) is 11.6 Å². The molecule has 0 aliphatic heterocycles. The molecule has 1 atom stereocenters. The van der Waals surface area contributed by atoms with Gasteiger partial charge in [0.25, 0.3) is 5.56 Å². The highest BCUT2D eigenvalue weighted by molar-refractivity contribution is 7.99. The van der Waals surface area contributed by atoms with Crippen molar-refractivity contribution in [3.8, 4) is 5.69 Å². The molecule has 3 aromatic carbocycles. The summed E-state index contributed by atoms with van der Waals surface area (Å²) in [6.45, 7) is 0.451. The monoisotopic (exact) mass is 476 g/mol. The van der Waals surface area contributed by atoms with Crippen molar-refractivity contribution < 1.29 is 9.18 Å². The zero-order valence-corrected chi connectivity index (χ0v) is 19.8. The molecule has 0 saturated heterocycles. The van der Waals surface area contributed by atoms with Gasteiger partial charge in [0.05, 0.1) is 28.4 Å². The number of nitrogens with zero attached hydrogens (tertiary/aromatic N) is 3. The van der Waals surface area contributed by atoms with Crippen molar-refractivity contribution in [2.45, 2.75) is 11.2 Å². The highest BCUT2D eigenvalue weighted by Crippen LogP contribution is 2.22. The third-order valence-electron chi connectivity index (χ3n) is 5.46. The number of fused-ring (bicyclic) bond motifs is 1. The highest BCUT2D eigenvalue weighted by atomic mass is 32.2. The Morgan fingerprint density at radius 1 is 1.03 bits per heavy atom. The van der Waals surface area contributed by atoms with Crippen molar-refractivity contribution >= 4 is 28.6 Å². The lowest BCUT2D eigenvalue weighted by molar-refractivity contribution is -0.118. The molecule has 1 aromatic heterocycles. The van der Waals surface area contributed by atoms with E-state index in [-0.39, 0.29) is 23.3 Å². The Labute approximate surface area is 201 Å². The standard InChI is InChI=1S/C26H25FN4O2S/c1-30(2)23(18-8-4-3-5-9-18)16-28-24(32)17-34-26-29-22-11-7-6-10-21(22)25(33)31(26)20-14-12-19(27)13-15-20/h3-15,23H,16-17H2,1-2H3,(H,28,32). The zero-order chi connectivity index (χ0) is 24.1. The van der Waals surface area contributed by atoms with Crippen LogP contribution in [0, 0.1) is 5.82 Å². The van der Waals surface area contributed by atoms with Gasteiger partial charge in [0.1, 0.15) is 5.82 Å². The Hall–Kier alpha value is -3.49. The number of halogens is 1. The van der Waals surface area contributed by atoms with E-state index >= 15 is 0 Å². The molecule has 0 spiro atoms. The quantitative estimate of drug-likeness (QED) is 0.307. The minimum Gasteiger partial charge on any atom is -0.353 e. The summed E-state index contributed by atoms with van der Waals surface area (Å²) in [5.74, 6) is -0.477. The SMILES string of the molecule is CN(C)C(CNC(=O)CSc1nc2ccccc2c(=O)n1-c1ccc(F)cc1)c1ccccc1. The summed E-state index contributed by atoms with van der Waals surface area (Å²) in [6, 6.07) is 22.7. The number of likely N-dealkylation sites (N-methyl/N-ethyl adjacent to an activating group) is 1. The number of carbonyl (C=O) groups is 1. The lowest BCUT2D eigenvalue weighted by Gasteiger charge is -2.25. The Kier molecular flexibility index (Phi) is 7.40. The van der Waals surface area contributed by atoms with Crippen LogP contribution in [0.3, 0.4) is 0 Å². The summed E-state index contributed by atoms with van der Waals surface area (Å²) >= 11 is 1.17. The fourth-order valence-electron chi connectivity index (χ4n) is 3.69. The molecule has 34 heavy (non-hydrogen) atoms. The Morgan fingerprint density at radius 2 is 1.71 bits per heavy atom. The number of carbonyl (C=O) groups excluding carboxylic acids is 1. The number of nitrogens with one attached hydrogen (secondary N) is 1. The maximum Gasteiger partial charge on any atom is 0.266 e. The summed E-state index contributed by atoms with van der Waals surface area (Å²) in [6.07, 6.45) is 0. The van der Waals surface area contributed by atoms with Crippen LogP contribution in [0.5, 0.6) is 0 Å². The highest BCUT2D eigenvalue weighted by Gasteiger charge is 2.17. The van der Waals surface area contributed by atoms with Gasteiger partial charge < -0.3 is 10.2 Å². The summed E-state index contributed by atoms with van der Waals surface area (Å²) in [4.78, 5) is 32.6. The first-order chi connectivity index (χ1) is 16.4. The fourth-order valence-corrected chi connectivity index (χ4v) is 4.53. The van der Waals surface area contributed by atoms with Gasteiger partial charge in [0.15, 0.2) is 5.16 Å². The lowest BCUT2D eigenvalue weighted by Crippen LogP contribution is -2.35. The minimum atomic E-state index is -0.395. The van der Waals surface area contributed by atoms with Crippen LogP contribution in [0.2, 0.25) is 0 Å². The third-order valence-corrected chi connectivity index (χ3v) is 6.40. The van der Waals surface area contributed by atoms with Crippen LogP contribution in [-0.4, -0.2) is 46.8 Å². The average Bonchev–Trinajstić information content (AvgIpc) is 2.84. The lowest BCUT2D eigenvalue weighted by atomic mass is 10.1. The van der Waals surface area contributed by atoms with Crippen LogP contribution in [-0.2, 0) is 4.79 Å². The van der Waals surface area contributed by atoms with Gasteiger partial charge in [-0.2, -0.15) is 0 Å². The van der Waals surface area contributed by atoms with Gasteiger partial charge in [0, 0.05) is 6.54 Å². The van der Waals surface area contributed by atoms with Crippen LogP contribution >= 0.6 is 11.8 Å². The Bertz CT molecular complexity index is 1340. The smallest absolute Gasteiger partial charge is 0.266 e. The first-order valence-electron chi connectivity index (χ1n) is 10.8. The Balaban J connectivity index is 1.54. The molecular weight excluding hydrogens is 451 g/mol. The van der Waals surface area contributed by atoms with E-state index in [2.05, 4.69) is 15.2 Å². The molecule has 1 heterocycles. The number of benzene rings is 3. The van der Waals surface area contributed by atoms with Crippen molar-refractivity contribution in [3.05, 3.63) is 101 Å². The molecule has 8 heteroatoms. The van der Waals surface area contributed by atoms with Gasteiger partial charge in [-0.25, -0.2) is 9.37 Å². The third kappa shape index (κ3) is 5.35. The van der Waals surface area contributed by atoms with Crippen LogP contribution in [0.4, 0.5) is 4.39 Å². The van der Waals surface area contributed by atoms with Gasteiger partial charge >= 0.3 is 0 Å².